The van der Waals surface area contributed by atoms with Gasteiger partial charge in [-0.2, -0.15) is 0 Å². The van der Waals surface area contributed by atoms with Crippen molar-refractivity contribution in [1.82, 2.24) is 19.5 Å². The molecule has 0 spiro atoms. The van der Waals surface area contributed by atoms with Gasteiger partial charge in [-0.1, -0.05) is 12.1 Å². The summed E-state index contributed by atoms with van der Waals surface area (Å²) < 4.78 is 26.8. The van der Waals surface area contributed by atoms with E-state index in [1.165, 1.54) is 30.5 Å². The number of ether oxygens (including phenoxy) is 2. The first kappa shape index (κ1) is 28.1. The van der Waals surface area contributed by atoms with E-state index < -0.39 is 24.5 Å². The Kier molecular flexibility index (Phi) is 10.8. The number of imidazole rings is 1. The largest absolute Gasteiger partial charge is 0.387 e. The van der Waals surface area contributed by atoms with Gasteiger partial charge in [-0.05, 0) is 18.6 Å². The van der Waals surface area contributed by atoms with Crippen molar-refractivity contribution < 1.29 is 112 Å². The van der Waals surface area contributed by atoms with Gasteiger partial charge < -0.3 is 25.0 Å². The third-order valence-corrected chi connectivity index (χ3v) is 6.62. The van der Waals surface area contributed by atoms with Gasteiger partial charge >= 0.3 is 0 Å². The van der Waals surface area contributed by atoms with Crippen LogP contribution >= 0.6 is 11.8 Å². The summed E-state index contributed by atoms with van der Waals surface area (Å²) in [4.78, 5) is 13.5. The number of nitrogens with zero attached hydrogens (tertiary/aromatic N) is 4. The van der Waals surface area contributed by atoms with Crippen LogP contribution in [0.15, 0.2) is 41.8 Å². The van der Waals surface area contributed by atoms with Gasteiger partial charge in [0.1, 0.15) is 24.4 Å². The van der Waals surface area contributed by atoms with Gasteiger partial charge in [-0.3, -0.25) is 4.57 Å². The van der Waals surface area contributed by atoms with Gasteiger partial charge in [0.15, 0.2) is 23.2 Å². The van der Waals surface area contributed by atoms with E-state index in [4.69, 9.17) is 9.47 Å². The summed E-state index contributed by atoms with van der Waals surface area (Å²) in [6.07, 6.45) is -0.0506. The molecule has 13 heteroatoms. The van der Waals surface area contributed by atoms with E-state index in [9.17, 15) is 14.6 Å². The van der Waals surface area contributed by atoms with E-state index in [1.54, 1.807) is 22.8 Å². The maximum atomic E-state index is 13.9. The first-order valence-corrected chi connectivity index (χ1v) is 11.0. The molecule has 5 atom stereocenters. The third-order valence-electron chi connectivity index (χ3n) is 5.48. The number of hydrogen-bond donors (Lipinski definition) is 3. The van der Waals surface area contributed by atoms with Crippen LogP contribution in [0.5, 0.6) is 0 Å². The summed E-state index contributed by atoms with van der Waals surface area (Å²) in [5, 5.41) is 24.5. The SMILES string of the molecule is OC1C(CSc2ccccc2F)OC(n2cnc3c(NC4CCOC4)ncnc32)C1O.[Ac].[Ac]. The molecule has 9 nitrogen and oxygen atoms in total. The Morgan fingerprint density at radius 1 is 1.15 bits per heavy atom. The second-order valence-electron chi connectivity index (χ2n) is 7.54. The smallest absolute Gasteiger partial charge is 0.167 e. The molecule has 4 heterocycles. The van der Waals surface area contributed by atoms with E-state index in [-0.39, 0.29) is 106 Å². The first-order valence-electron chi connectivity index (χ1n) is 10.0. The van der Waals surface area contributed by atoms with Crippen LogP contribution < -0.4 is 5.32 Å². The van der Waals surface area contributed by atoms with Gasteiger partial charge in [0.2, 0.25) is 0 Å². The monoisotopic (exact) mass is 901 g/mol. The fourth-order valence-electron chi connectivity index (χ4n) is 3.82. The quantitative estimate of drug-likeness (QED) is 0.318. The Hall–Kier alpha value is 0.573. The molecule has 3 aromatic rings. The van der Waals surface area contributed by atoms with Crippen molar-refractivity contribution in [2.45, 2.75) is 41.9 Å². The van der Waals surface area contributed by atoms with Gasteiger partial charge in [-0.15, -0.1) is 11.8 Å². The van der Waals surface area contributed by atoms with Crippen LogP contribution in [-0.2, 0) is 9.47 Å². The van der Waals surface area contributed by atoms with E-state index in [0.29, 0.717) is 35.1 Å². The summed E-state index contributed by atoms with van der Waals surface area (Å²) >= 11 is 1.23. The topological polar surface area (TPSA) is 115 Å². The molecule has 0 aliphatic carbocycles. The van der Waals surface area contributed by atoms with Crippen molar-refractivity contribution in [3.8, 4) is 0 Å². The molecule has 2 fully saturated rings. The molecule has 0 amide bonds. The molecule has 2 saturated heterocycles. The van der Waals surface area contributed by atoms with Gasteiger partial charge in [-0.25, -0.2) is 19.3 Å². The molecule has 33 heavy (non-hydrogen) atoms. The summed E-state index contributed by atoms with van der Waals surface area (Å²) in [7, 11) is 0. The molecule has 170 valence electrons. The zero-order valence-electron chi connectivity index (χ0n) is 17.6. The standard InChI is InChI=1S/C20H22FN5O4S.2Ac/c21-12-3-1-2-4-14(12)31-8-13-16(27)17(28)20(30-13)26-10-24-15-18(22-9-23-19(15)26)25-11-5-6-29-7-11;;/h1-4,9-11,13,16-17,20,27-28H,5-8H2,(H,22,23,25);;. The molecule has 2 aliphatic heterocycles. The molecular weight excluding hydrogens is 879 g/mol. The van der Waals surface area contributed by atoms with E-state index in [2.05, 4.69) is 20.3 Å². The van der Waals surface area contributed by atoms with Crippen molar-refractivity contribution in [1.29, 1.82) is 0 Å². The van der Waals surface area contributed by atoms with Crippen LogP contribution in [0.4, 0.5) is 10.2 Å². The van der Waals surface area contributed by atoms with E-state index >= 15 is 0 Å². The van der Waals surface area contributed by atoms with Crippen LogP contribution in [-0.4, -0.2) is 73.1 Å². The minimum absolute atomic E-state index is 0. The summed E-state index contributed by atoms with van der Waals surface area (Å²) in [6, 6.07) is 6.56. The predicted molar refractivity (Wildman–Crippen MR) is 111 cm³/mol. The number of hydrogen-bond acceptors (Lipinski definition) is 9. The van der Waals surface area contributed by atoms with Gasteiger partial charge in [0.25, 0.3) is 0 Å². The van der Waals surface area contributed by atoms with Crippen molar-refractivity contribution >= 4 is 28.7 Å². The summed E-state index contributed by atoms with van der Waals surface area (Å²) in [5.74, 6) is 0.534. The maximum Gasteiger partial charge on any atom is 0.167 e. The summed E-state index contributed by atoms with van der Waals surface area (Å²) in [6.45, 7) is 1.30. The number of benzene rings is 1. The normalized spacial score (nSPS) is 26.7. The van der Waals surface area contributed by atoms with E-state index in [0.717, 1.165) is 6.42 Å². The Labute approximate surface area is 265 Å². The van der Waals surface area contributed by atoms with E-state index in [1.807, 2.05) is 0 Å². The average molecular weight is 901 g/mol. The minimum Gasteiger partial charge on any atom is -0.387 e. The molecule has 5 rings (SSSR count). The Bertz CT molecular complexity index is 1070. The fourth-order valence-corrected chi connectivity index (χ4v) is 4.82. The van der Waals surface area contributed by atoms with Crippen molar-refractivity contribution in [2.75, 3.05) is 24.3 Å². The Morgan fingerprint density at radius 2 is 1.97 bits per heavy atom. The van der Waals surface area contributed by atoms with Crippen LogP contribution in [0.2, 0.25) is 0 Å². The number of thioether (sulfide) groups is 1. The average Bonchev–Trinajstić information content (AvgIpc) is 3.50. The van der Waals surface area contributed by atoms with Gasteiger partial charge in [0.05, 0.1) is 25.1 Å². The second-order valence-corrected chi connectivity index (χ2v) is 8.60. The van der Waals surface area contributed by atoms with Gasteiger partial charge in [0, 0.05) is 105 Å². The zero-order chi connectivity index (χ0) is 21.4. The number of aromatic nitrogens is 4. The predicted octanol–water partition coefficient (Wildman–Crippen LogP) is 1.58. The molecule has 2 radical (unpaired) electrons. The Balaban J connectivity index is 0.00000153. The van der Waals surface area contributed by atoms with Crippen LogP contribution in [0, 0.1) is 93.9 Å². The number of rotatable bonds is 6. The molecule has 0 saturated carbocycles. The zero-order valence-corrected chi connectivity index (χ0v) is 27.9. The number of fused-ring (bicyclic) bond motifs is 1. The number of aliphatic hydroxyl groups is 2. The molecular formula is C20H22Ac2FN5O4S. The van der Waals surface area contributed by atoms with Crippen LogP contribution in [0.25, 0.3) is 11.2 Å². The van der Waals surface area contributed by atoms with Crippen molar-refractivity contribution in [3.63, 3.8) is 0 Å². The Morgan fingerprint density at radius 3 is 2.73 bits per heavy atom. The third kappa shape index (κ3) is 6.11. The number of nitrogens with one attached hydrogen (secondary N) is 1. The molecule has 5 unspecified atom stereocenters. The molecule has 0 bridgehead atoms. The molecule has 3 N–H and O–H groups in total. The van der Waals surface area contributed by atoms with Crippen molar-refractivity contribution in [2.24, 2.45) is 0 Å². The number of aliphatic hydroxyl groups excluding tert-OH is 2. The van der Waals surface area contributed by atoms with Crippen LogP contribution in [0.3, 0.4) is 0 Å². The van der Waals surface area contributed by atoms with Crippen molar-refractivity contribution in [3.05, 3.63) is 42.7 Å². The molecule has 1 aromatic carbocycles. The fraction of sp³-hybridized carbons (Fsp3) is 0.450. The first-order chi connectivity index (χ1) is 15.1. The maximum absolute atomic E-state index is 13.9. The van der Waals surface area contributed by atoms with Crippen LogP contribution in [0.1, 0.15) is 12.6 Å². The molecule has 2 aromatic heterocycles. The minimum atomic E-state index is -1.18. The summed E-state index contributed by atoms with van der Waals surface area (Å²) in [5.41, 5.74) is 1.03. The molecule has 2 aliphatic rings. The number of anilines is 1. The number of halogens is 1. The second kappa shape index (κ2) is 12.7.